The van der Waals surface area contributed by atoms with Gasteiger partial charge in [-0.3, -0.25) is 0 Å². The van der Waals surface area contributed by atoms with Crippen LogP contribution in [-0.2, 0) is 0 Å². The smallest absolute Gasteiger partial charge is 0.255 e. The molecule has 0 unspecified atom stereocenters. The van der Waals surface area contributed by atoms with Gasteiger partial charge in [0.1, 0.15) is 0 Å². The summed E-state index contributed by atoms with van der Waals surface area (Å²) in [5, 5.41) is 3.48. The maximum Gasteiger partial charge on any atom is 0.255 e. The van der Waals surface area contributed by atoms with Crippen LogP contribution in [0.25, 0.3) is 0 Å². The Morgan fingerprint density at radius 3 is 1.67 bits per heavy atom. The zero-order valence-corrected chi connectivity index (χ0v) is 12.6. The largest absolute Gasteiger partial charge is 0.314 e. The molecule has 0 spiro atoms. The number of aliphatic imine (C=N–C) groups is 3. The van der Waals surface area contributed by atoms with Gasteiger partial charge in [-0.15, -0.1) is 0 Å². The quantitative estimate of drug-likeness (QED) is 0.844. The lowest BCUT2D eigenvalue weighted by Crippen LogP contribution is -2.30. The van der Waals surface area contributed by atoms with Crippen LogP contribution >= 0.6 is 0 Å². The molecule has 0 amide bonds. The van der Waals surface area contributed by atoms with E-state index in [0.29, 0.717) is 0 Å². The maximum atomic E-state index is 3.75. The van der Waals surface area contributed by atoms with Crippen molar-refractivity contribution in [2.45, 2.75) is 45.1 Å². The van der Waals surface area contributed by atoms with E-state index < -0.39 is 0 Å². The predicted octanol–water partition coefficient (Wildman–Crippen LogP) is 2.80. The fraction of sp³-hybridized carbons (Fsp3) is 0.571. The first kappa shape index (κ1) is 17.0. The summed E-state index contributed by atoms with van der Waals surface area (Å²) in [6.07, 6.45) is 7.17. The van der Waals surface area contributed by atoms with Crippen molar-refractivity contribution in [2.24, 2.45) is 15.0 Å². The zero-order valence-electron chi connectivity index (χ0n) is 12.6. The van der Waals surface area contributed by atoms with Gasteiger partial charge in [-0.1, -0.05) is 26.2 Å². The molecule has 0 aromatic carbocycles. The van der Waals surface area contributed by atoms with Gasteiger partial charge in [-0.05, 0) is 39.5 Å². The summed E-state index contributed by atoms with van der Waals surface area (Å²) in [7, 11) is 0. The van der Waals surface area contributed by atoms with Gasteiger partial charge in [0, 0.05) is 6.04 Å². The Hall–Kier alpha value is -2.02. The molecule has 1 aliphatic carbocycles. The van der Waals surface area contributed by atoms with E-state index in [2.05, 4.69) is 62.3 Å². The third-order valence-corrected chi connectivity index (χ3v) is 3.12. The van der Waals surface area contributed by atoms with Crippen molar-refractivity contribution in [2.75, 3.05) is 6.54 Å². The fourth-order valence-corrected chi connectivity index (χ4v) is 2.15. The van der Waals surface area contributed by atoms with Gasteiger partial charge in [-0.2, -0.15) is 15.0 Å². The highest BCUT2D eigenvalue weighted by atomic mass is 15.2. The van der Waals surface area contributed by atoms with E-state index >= 15 is 0 Å². The van der Waals surface area contributed by atoms with Crippen molar-refractivity contribution < 1.29 is 0 Å². The Morgan fingerprint density at radius 1 is 0.905 bits per heavy atom. The Balaban J connectivity index is 0.000000219. The number of hydrogen-bond acceptors (Lipinski definition) is 7. The van der Waals surface area contributed by atoms with Crippen LogP contribution in [0, 0.1) is 0 Å². The highest BCUT2D eigenvalue weighted by Crippen LogP contribution is 2.16. The standard InChI is InChI=1S/C8H17N.C6H6N6/c1-2-9-8-6-4-3-5-7-8;1-7-4-10-5(8-2)12-6(9-3)11-4/h8-9H,2-7H2,1H3;1-3H2. The van der Waals surface area contributed by atoms with E-state index in [-0.39, 0.29) is 17.8 Å². The van der Waals surface area contributed by atoms with Crippen molar-refractivity contribution in [3.8, 4) is 0 Å². The molecule has 1 saturated carbocycles. The summed E-state index contributed by atoms with van der Waals surface area (Å²) in [6, 6.07) is 0.851. The van der Waals surface area contributed by atoms with Crippen molar-refractivity contribution >= 4 is 38.0 Å². The van der Waals surface area contributed by atoms with Gasteiger partial charge in [0.2, 0.25) is 0 Å². The molecular formula is C14H23N7. The number of nitrogens with one attached hydrogen (secondary N) is 1. The Bertz CT molecular complexity index is 399. The molecule has 1 N–H and O–H groups in total. The van der Waals surface area contributed by atoms with Crippen molar-refractivity contribution in [1.82, 2.24) is 20.3 Å². The van der Waals surface area contributed by atoms with E-state index in [1.807, 2.05) is 0 Å². The summed E-state index contributed by atoms with van der Waals surface area (Å²) in [5.74, 6) is 0.486. The Morgan fingerprint density at radius 2 is 1.33 bits per heavy atom. The van der Waals surface area contributed by atoms with Crippen LogP contribution in [0.15, 0.2) is 15.0 Å². The molecule has 0 aliphatic heterocycles. The van der Waals surface area contributed by atoms with Gasteiger partial charge in [0.05, 0.1) is 0 Å². The Kier molecular flexibility index (Phi) is 7.96. The van der Waals surface area contributed by atoms with Gasteiger partial charge < -0.3 is 5.32 Å². The maximum absolute atomic E-state index is 3.75. The second-order valence-electron chi connectivity index (χ2n) is 4.60. The van der Waals surface area contributed by atoms with Gasteiger partial charge in [0.15, 0.2) is 0 Å². The zero-order chi connectivity index (χ0) is 15.5. The lowest BCUT2D eigenvalue weighted by atomic mass is 9.96. The average Bonchev–Trinajstić information content (AvgIpc) is 2.56. The van der Waals surface area contributed by atoms with Crippen LogP contribution in [0.3, 0.4) is 0 Å². The lowest BCUT2D eigenvalue weighted by Gasteiger charge is -2.21. The number of nitrogens with zero attached hydrogens (tertiary/aromatic N) is 6. The molecule has 1 aliphatic rings. The van der Waals surface area contributed by atoms with Crippen LogP contribution in [0.5, 0.6) is 0 Å². The normalized spacial score (nSPS) is 14.7. The third kappa shape index (κ3) is 6.31. The first-order valence-corrected chi connectivity index (χ1v) is 7.13. The monoisotopic (exact) mass is 289 g/mol. The highest BCUT2D eigenvalue weighted by molar-refractivity contribution is 5.44. The molecule has 1 aromatic rings. The average molecular weight is 289 g/mol. The first-order valence-electron chi connectivity index (χ1n) is 7.13. The van der Waals surface area contributed by atoms with Gasteiger partial charge >= 0.3 is 0 Å². The molecule has 0 atom stereocenters. The summed E-state index contributed by atoms with van der Waals surface area (Å²) >= 11 is 0. The van der Waals surface area contributed by atoms with Crippen molar-refractivity contribution in [1.29, 1.82) is 0 Å². The third-order valence-electron chi connectivity index (χ3n) is 3.12. The molecule has 0 saturated heterocycles. The van der Waals surface area contributed by atoms with Crippen molar-refractivity contribution in [3.63, 3.8) is 0 Å². The van der Waals surface area contributed by atoms with Crippen LogP contribution < -0.4 is 5.32 Å². The Labute approximate surface area is 125 Å². The molecule has 1 aromatic heterocycles. The summed E-state index contributed by atoms with van der Waals surface area (Å²) in [5.41, 5.74) is 0. The molecule has 114 valence electrons. The van der Waals surface area contributed by atoms with Gasteiger partial charge in [0.25, 0.3) is 17.8 Å². The first-order chi connectivity index (χ1) is 10.2. The van der Waals surface area contributed by atoms with E-state index in [9.17, 15) is 0 Å². The predicted molar refractivity (Wildman–Crippen MR) is 88.0 cm³/mol. The minimum absolute atomic E-state index is 0.162. The summed E-state index contributed by atoms with van der Waals surface area (Å²) in [4.78, 5) is 21.8. The van der Waals surface area contributed by atoms with Crippen molar-refractivity contribution in [3.05, 3.63) is 0 Å². The molecule has 1 fully saturated rings. The number of rotatable bonds is 5. The van der Waals surface area contributed by atoms with Crippen LogP contribution in [-0.4, -0.2) is 47.7 Å². The van der Waals surface area contributed by atoms with E-state index in [4.69, 9.17) is 0 Å². The number of aromatic nitrogens is 3. The molecule has 21 heavy (non-hydrogen) atoms. The lowest BCUT2D eigenvalue weighted by molar-refractivity contribution is 0.380. The molecule has 0 radical (unpaired) electrons. The second kappa shape index (κ2) is 9.82. The molecule has 7 nitrogen and oxygen atoms in total. The molecule has 0 bridgehead atoms. The summed E-state index contributed by atoms with van der Waals surface area (Å²) < 4.78 is 0. The van der Waals surface area contributed by atoms with Crippen LogP contribution in [0.2, 0.25) is 0 Å². The minimum Gasteiger partial charge on any atom is -0.314 e. The fourth-order valence-electron chi connectivity index (χ4n) is 2.15. The van der Waals surface area contributed by atoms with E-state index in [0.717, 1.165) is 12.6 Å². The molecule has 1 heterocycles. The van der Waals surface area contributed by atoms with Crippen LogP contribution in [0.4, 0.5) is 17.8 Å². The van der Waals surface area contributed by atoms with E-state index in [1.165, 1.54) is 32.1 Å². The highest BCUT2D eigenvalue weighted by Gasteiger charge is 2.10. The summed E-state index contributed by atoms with van der Waals surface area (Å²) in [6.45, 7) is 13.1. The molecular weight excluding hydrogens is 266 g/mol. The minimum atomic E-state index is 0.162. The number of hydrogen-bond donors (Lipinski definition) is 1. The molecule has 2 rings (SSSR count). The topological polar surface area (TPSA) is 87.8 Å². The van der Waals surface area contributed by atoms with Crippen LogP contribution in [0.1, 0.15) is 39.0 Å². The SMILES string of the molecule is C=Nc1nc(N=C)nc(N=C)n1.CCNC1CCCCC1. The van der Waals surface area contributed by atoms with Gasteiger partial charge in [-0.25, -0.2) is 15.0 Å². The second-order valence-corrected chi connectivity index (χ2v) is 4.60. The molecule has 7 heteroatoms. The van der Waals surface area contributed by atoms with E-state index in [1.54, 1.807) is 0 Å².